The molecule has 1 unspecified atom stereocenters. The SMILES string of the molecule is CCc1ncc(CNC(C)(CO)Cc2ccc(Cl)cc2)o1. The summed E-state index contributed by atoms with van der Waals surface area (Å²) in [6.45, 7) is 4.56. The summed E-state index contributed by atoms with van der Waals surface area (Å²) in [5.74, 6) is 1.51. The van der Waals surface area contributed by atoms with Gasteiger partial charge in [0.05, 0.1) is 19.3 Å². The molecule has 2 N–H and O–H groups in total. The molecule has 1 aromatic carbocycles. The van der Waals surface area contributed by atoms with Crippen LogP contribution in [0.1, 0.15) is 31.1 Å². The highest BCUT2D eigenvalue weighted by molar-refractivity contribution is 6.30. The van der Waals surface area contributed by atoms with E-state index in [1.807, 2.05) is 38.1 Å². The Hall–Kier alpha value is -1.36. The van der Waals surface area contributed by atoms with Gasteiger partial charge in [0.25, 0.3) is 0 Å². The molecular weight excluding hydrogens is 288 g/mol. The van der Waals surface area contributed by atoms with Crippen LogP contribution < -0.4 is 5.32 Å². The van der Waals surface area contributed by atoms with Gasteiger partial charge < -0.3 is 14.8 Å². The van der Waals surface area contributed by atoms with Gasteiger partial charge in [0, 0.05) is 17.0 Å². The van der Waals surface area contributed by atoms with Crippen molar-refractivity contribution in [2.75, 3.05) is 6.61 Å². The number of aliphatic hydroxyl groups excluding tert-OH is 1. The smallest absolute Gasteiger partial charge is 0.194 e. The van der Waals surface area contributed by atoms with Crippen molar-refractivity contribution in [2.45, 2.75) is 38.8 Å². The van der Waals surface area contributed by atoms with Gasteiger partial charge in [-0.2, -0.15) is 0 Å². The van der Waals surface area contributed by atoms with E-state index in [-0.39, 0.29) is 6.61 Å². The first-order valence-electron chi connectivity index (χ1n) is 7.08. The number of benzene rings is 1. The van der Waals surface area contributed by atoms with Crippen molar-refractivity contribution in [1.82, 2.24) is 10.3 Å². The zero-order chi connectivity index (χ0) is 15.3. The highest BCUT2D eigenvalue weighted by atomic mass is 35.5. The van der Waals surface area contributed by atoms with Gasteiger partial charge in [-0.25, -0.2) is 4.98 Å². The molecule has 4 nitrogen and oxygen atoms in total. The zero-order valence-corrected chi connectivity index (χ0v) is 13.2. The fourth-order valence-corrected chi connectivity index (χ4v) is 2.25. The van der Waals surface area contributed by atoms with E-state index in [9.17, 15) is 5.11 Å². The van der Waals surface area contributed by atoms with Crippen molar-refractivity contribution >= 4 is 11.6 Å². The molecule has 0 radical (unpaired) electrons. The molecule has 1 aromatic heterocycles. The van der Waals surface area contributed by atoms with Gasteiger partial charge >= 0.3 is 0 Å². The maximum atomic E-state index is 9.70. The molecule has 0 fully saturated rings. The van der Waals surface area contributed by atoms with E-state index in [0.29, 0.717) is 18.0 Å². The van der Waals surface area contributed by atoms with Crippen LogP contribution in [0.5, 0.6) is 0 Å². The first-order chi connectivity index (χ1) is 10.0. The average molecular weight is 309 g/mol. The maximum Gasteiger partial charge on any atom is 0.194 e. The summed E-state index contributed by atoms with van der Waals surface area (Å²) < 4.78 is 5.57. The summed E-state index contributed by atoms with van der Waals surface area (Å²) in [5, 5.41) is 13.8. The van der Waals surface area contributed by atoms with Crippen LogP contribution in [0.2, 0.25) is 5.02 Å². The van der Waals surface area contributed by atoms with Gasteiger partial charge in [-0.05, 0) is 31.0 Å². The van der Waals surface area contributed by atoms with E-state index in [1.54, 1.807) is 6.20 Å². The van der Waals surface area contributed by atoms with E-state index in [4.69, 9.17) is 16.0 Å². The summed E-state index contributed by atoms with van der Waals surface area (Å²) in [6, 6.07) is 7.67. The average Bonchev–Trinajstić information content (AvgIpc) is 2.96. The normalized spacial score (nSPS) is 14.1. The zero-order valence-electron chi connectivity index (χ0n) is 12.4. The lowest BCUT2D eigenvalue weighted by Crippen LogP contribution is -2.47. The summed E-state index contributed by atoms with van der Waals surface area (Å²) in [7, 11) is 0. The van der Waals surface area contributed by atoms with Crippen LogP contribution in [0.3, 0.4) is 0 Å². The Kier molecular flexibility index (Phi) is 5.39. The second-order valence-corrected chi connectivity index (χ2v) is 5.89. The number of oxazole rings is 1. The van der Waals surface area contributed by atoms with Crippen LogP contribution in [0.25, 0.3) is 0 Å². The molecule has 2 aromatic rings. The molecule has 0 bridgehead atoms. The molecule has 0 aliphatic rings. The molecule has 1 heterocycles. The van der Waals surface area contributed by atoms with E-state index in [1.165, 1.54) is 0 Å². The minimum absolute atomic E-state index is 0.0321. The van der Waals surface area contributed by atoms with Gasteiger partial charge in [0.2, 0.25) is 0 Å². The predicted octanol–water partition coefficient (Wildman–Crippen LogP) is 2.97. The Morgan fingerprint density at radius 1 is 1.33 bits per heavy atom. The van der Waals surface area contributed by atoms with Crippen molar-refractivity contribution in [3.8, 4) is 0 Å². The standard InChI is InChI=1S/C16H21ClN2O2/c1-3-15-18-9-14(21-15)10-19-16(2,11-20)8-12-4-6-13(17)7-5-12/h4-7,9,19-20H,3,8,10-11H2,1-2H3. The Morgan fingerprint density at radius 2 is 2.05 bits per heavy atom. The highest BCUT2D eigenvalue weighted by Gasteiger charge is 2.23. The van der Waals surface area contributed by atoms with Crippen molar-refractivity contribution in [2.24, 2.45) is 0 Å². The second kappa shape index (κ2) is 7.07. The molecule has 21 heavy (non-hydrogen) atoms. The third-order valence-corrected chi connectivity index (χ3v) is 3.70. The molecular formula is C16H21ClN2O2. The van der Waals surface area contributed by atoms with Crippen LogP contribution in [0, 0.1) is 0 Å². The summed E-state index contributed by atoms with van der Waals surface area (Å²) >= 11 is 5.89. The number of hydrogen-bond donors (Lipinski definition) is 2. The molecule has 5 heteroatoms. The summed E-state index contributed by atoms with van der Waals surface area (Å²) in [5.41, 5.74) is 0.697. The van der Waals surface area contributed by atoms with Crippen LogP contribution in [0.15, 0.2) is 34.9 Å². The summed E-state index contributed by atoms with van der Waals surface area (Å²) in [6.07, 6.45) is 3.21. The molecule has 0 aliphatic heterocycles. The number of nitrogens with zero attached hydrogens (tertiary/aromatic N) is 1. The Balaban J connectivity index is 1.98. The molecule has 2 rings (SSSR count). The third kappa shape index (κ3) is 4.56. The molecule has 114 valence electrons. The van der Waals surface area contributed by atoms with Gasteiger partial charge in [-0.15, -0.1) is 0 Å². The Labute approximate surface area is 130 Å². The van der Waals surface area contributed by atoms with Crippen molar-refractivity contribution < 1.29 is 9.52 Å². The number of aromatic nitrogens is 1. The Morgan fingerprint density at radius 3 is 2.62 bits per heavy atom. The lowest BCUT2D eigenvalue weighted by molar-refractivity contribution is 0.169. The number of aliphatic hydroxyl groups is 1. The minimum atomic E-state index is -0.424. The van der Waals surface area contributed by atoms with Gasteiger partial charge in [-0.3, -0.25) is 0 Å². The number of hydrogen-bond acceptors (Lipinski definition) is 4. The molecule has 1 atom stereocenters. The molecule has 0 aliphatic carbocycles. The molecule has 0 saturated carbocycles. The fourth-order valence-electron chi connectivity index (χ4n) is 2.12. The Bertz CT molecular complexity index is 568. The van der Waals surface area contributed by atoms with Crippen LogP contribution in [0.4, 0.5) is 0 Å². The first-order valence-corrected chi connectivity index (χ1v) is 7.46. The van der Waals surface area contributed by atoms with Crippen LogP contribution >= 0.6 is 11.6 Å². The van der Waals surface area contributed by atoms with Crippen molar-refractivity contribution in [3.05, 3.63) is 52.7 Å². The molecule has 0 spiro atoms. The number of nitrogens with one attached hydrogen (secondary N) is 1. The quantitative estimate of drug-likeness (QED) is 0.825. The first kappa shape index (κ1) is 16.0. The van der Waals surface area contributed by atoms with Crippen molar-refractivity contribution in [3.63, 3.8) is 0 Å². The predicted molar refractivity (Wildman–Crippen MR) is 83.4 cm³/mol. The highest BCUT2D eigenvalue weighted by Crippen LogP contribution is 2.17. The lowest BCUT2D eigenvalue weighted by atomic mass is 9.93. The maximum absolute atomic E-state index is 9.70. The fraction of sp³-hybridized carbons (Fsp3) is 0.438. The van der Waals surface area contributed by atoms with Crippen LogP contribution in [-0.2, 0) is 19.4 Å². The van der Waals surface area contributed by atoms with Gasteiger partial charge in [0.15, 0.2) is 5.89 Å². The molecule has 0 amide bonds. The topological polar surface area (TPSA) is 58.3 Å². The van der Waals surface area contributed by atoms with E-state index < -0.39 is 5.54 Å². The van der Waals surface area contributed by atoms with E-state index in [2.05, 4.69) is 10.3 Å². The summed E-state index contributed by atoms with van der Waals surface area (Å²) in [4.78, 5) is 4.17. The third-order valence-electron chi connectivity index (χ3n) is 3.45. The lowest BCUT2D eigenvalue weighted by Gasteiger charge is -2.28. The molecule has 0 saturated heterocycles. The van der Waals surface area contributed by atoms with Crippen LogP contribution in [-0.4, -0.2) is 22.2 Å². The van der Waals surface area contributed by atoms with E-state index in [0.717, 1.165) is 23.6 Å². The largest absolute Gasteiger partial charge is 0.444 e. The van der Waals surface area contributed by atoms with Crippen molar-refractivity contribution in [1.29, 1.82) is 0 Å². The minimum Gasteiger partial charge on any atom is -0.444 e. The van der Waals surface area contributed by atoms with E-state index >= 15 is 0 Å². The second-order valence-electron chi connectivity index (χ2n) is 5.45. The number of rotatable bonds is 7. The number of halogens is 1. The number of aryl methyl sites for hydroxylation is 1. The van der Waals surface area contributed by atoms with Gasteiger partial charge in [0.1, 0.15) is 5.76 Å². The monoisotopic (exact) mass is 308 g/mol. The van der Waals surface area contributed by atoms with Gasteiger partial charge in [-0.1, -0.05) is 30.7 Å².